The summed E-state index contributed by atoms with van der Waals surface area (Å²) in [5, 5.41) is 0. The van der Waals surface area contributed by atoms with Gasteiger partial charge < -0.3 is 0 Å². The highest BCUT2D eigenvalue weighted by Crippen LogP contribution is 2.43. The molecular weight excluding hydrogens is 308 g/mol. The van der Waals surface area contributed by atoms with Crippen LogP contribution < -0.4 is 0 Å². The van der Waals surface area contributed by atoms with Gasteiger partial charge in [-0.3, -0.25) is 4.55 Å². The van der Waals surface area contributed by atoms with Crippen LogP contribution in [0.3, 0.4) is 0 Å². The molecule has 4 heteroatoms. The SMILES string of the molecule is O=S(=O)(O)C(c1ccccc1)(c1ccccc1)c1ccccc1. The number of benzene rings is 3. The standard InChI is InChI=1S/C19H16O3S/c20-23(21,22)19(16-10-4-1-5-11-16,17-12-6-2-7-13-17)18-14-8-3-9-15-18/h1-15H,(H,20,21,22). The third kappa shape index (κ3) is 2.56. The molecule has 0 aliphatic carbocycles. The largest absolute Gasteiger partial charge is 0.284 e. The molecule has 3 nitrogen and oxygen atoms in total. The summed E-state index contributed by atoms with van der Waals surface area (Å²) in [4.78, 5) is 0. The van der Waals surface area contributed by atoms with E-state index in [2.05, 4.69) is 0 Å². The van der Waals surface area contributed by atoms with Crippen LogP contribution in [0.15, 0.2) is 91.0 Å². The Balaban J connectivity index is 2.46. The summed E-state index contributed by atoms with van der Waals surface area (Å²) in [6.45, 7) is 0. The van der Waals surface area contributed by atoms with E-state index in [1.807, 2.05) is 18.2 Å². The Morgan fingerprint density at radius 1 is 0.565 bits per heavy atom. The maximum atomic E-state index is 12.6. The Bertz CT molecular complexity index is 777. The molecule has 0 fully saturated rings. The lowest BCUT2D eigenvalue weighted by Crippen LogP contribution is -2.38. The monoisotopic (exact) mass is 324 g/mol. The first kappa shape index (κ1) is 15.5. The zero-order chi connectivity index (χ0) is 16.3. The maximum Gasteiger partial charge on any atom is 0.283 e. The lowest BCUT2D eigenvalue weighted by atomic mass is 9.84. The molecule has 1 N–H and O–H groups in total. The highest BCUT2D eigenvalue weighted by atomic mass is 32.2. The fourth-order valence-corrected chi connectivity index (χ4v) is 4.27. The first-order valence-electron chi connectivity index (χ1n) is 7.20. The van der Waals surface area contributed by atoms with Gasteiger partial charge in [0.25, 0.3) is 10.1 Å². The quantitative estimate of drug-likeness (QED) is 0.585. The highest BCUT2D eigenvalue weighted by Gasteiger charge is 2.47. The van der Waals surface area contributed by atoms with Crippen molar-refractivity contribution < 1.29 is 13.0 Å². The van der Waals surface area contributed by atoms with E-state index in [9.17, 15) is 13.0 Å². The second-order valence-corrected chi connectivity index (χ2v) is 6.82. The zero-order valence-electron chi connectivity index (χ0n) is 12.3. The molecule has 0 aromatic heterocycles. The van der Waals surface area contributed by atoms with Crippen LogP contribution >= 0.6 is 0 Å². The van der Waals surface area contributed by atoms with Crippen LogP contribution in [-0.2, 0) is 14.9 Å². The molecule has 0 amide bonds. The molecule has 3 aromatic carbocycles. The van der Waals surface area contributed by atoms with E-state index in [0.29, 0.717) is 16.7 Å². The Morgan fingerprint density at radius 2 is 0.826 bits per heavy atom. The average Bonchev–Trinajstić information content (AvgIpc) is 2.57. The Kier molecular flexibility index (Phi) is 4.03. The molecule has 0 aliphatic heterocycles. The Hall–Kier alpha value is -2.43. The maximum absolute atomic E-state index is 12.6. The topological polar surface area (TPSA) is 54.4 Å². The molecule has 0 saturated carbocycles. The van der Waals surface area contributed by atoms with Crippen molar-refractivity contribution in [2.24, 2.45) is 0 Å². The third-order valence-electron chi connectivity index (χ3n) is 3.93. The van der Waals surface area contributed by atoms with E-state index >= 15 is 0 Å². The van der Waals surface area contributed by atoms with E-state index in [0.717, 1.165) is 0 Å². The predicted octanol–water partition coefficient (Wildman–Crippen LogP) is 3.87. The van der Waals surface area contributed by atoms with Crippen molar-refractivity contribution in [2.45, 2.75) is 4.75 Å². The number of hydrogen-bond acceptors (Lipinski definition) is 2. The van der Waals surface area contributed by atoms with Gasteiger partial charge in [0.05, 0.1) is 0 Å². The second kappa shape index (κ2) is 5.99. The van der Waals surface area contributed by atoms with Crippen LogP contribution in [-0.4, -0.2) is 13.0 Å². The van der Waals surface area contributed by atoms with Gasteiger partial charge in [0.1, 0.15) is 0 Å². The van der Waals surface area contributed by atoms with E-state index in [4.69, 9.17) is 0 Å². The molecule has 3 rings (SSSR count). The Labute approximate surface area is 136 Å². The van der Waals surface area contributed by atoms with Crippen LogP contribution in [0.4, 0.5) is 0 Å². The van der Waals surface area contributed by atoms with Crippen molar-refractivity contribution in [1.29, 1.82) is 0 Å². The molecule has 0 bridgehead atoms. The van der Waals surface area contributed by atoms with Gasteiger partial charge in [0.15, 0.2) is 4.75 Å². The summed E-state index contributed by atoms with van der Waals surface area (Å²) in [5.74, 6) is 0. The van der Waals surface area contributed by atoms with Crippen molar-refractivity contribution in [1.82, 2.24) is 0 Å². The van der Waals surface area contributed by atoms with E-state index in [-0.39, 0.29) is 0 Å². The highest BCUT2D eigenvalue weighted by molar-refractivity contribution is 7.87. The van der Waals surface area contributed by atoms with Gasteiger partial charge in [-0.25, -0.2) is 0 Å². The molecule has 0 spiro atoms. The van der Waals surface area contributed by atoms with Crippen molar-refractivity contribution in [2.75, 3.05) is 0 Å². The zero-order valence-corrected chi connectivity index (χ0v) is 13.1. The third-order valence-corrected chi connectivity index (χ3v) is 5.41. The minimum Gasteiger partial charge on any atom is -0.284 e. The smallest absolute Gasteiger partial charge is 0.283 e. The van der Waals surface area contributed by atoms with E-state index < -0.39 is 14.9 Å². The van der Waals surface area contributed by atoms with Gasteiger partial charge in [0.2, 0.25) is 0 Å². The minimum absolute atomic E-state index is 0.500. The van der Waals surface area contributed by atoms with Gasteiger partial charge in [0, 0.05) is 0 Å². The molecule has 3 aromatic rings. The van der Waals surface area contributed by atoms with Crippen molar-refractivity contribution in [3.05, 3.63) is 108 Å². The van der Waals surface area contributed by atoms with Crippen LogP contribution in [0, 0.1) is 0 Å². The van der Waals surface area contributed by atoms with Crippen LogP contribution in [0.1, 0.15) is 16.7 Å². The molecular formula is C19H16O3S. The van der Waals surface area contributed by atoms with Gasteiger partial charge in [-0.1, -0.05) is 91.0 Å². The summed E-state index contributed by atoms with van der Waals surface area (Å²) >= 11 is 0. The fraction of sp³-hybridized carbons (Fsp3) is 0.0526. The van der Waals surface area contributed by atoms with Crippen molar-refractivity contribution in [3.8, 4) is 0 Å². The molecule has 0 atom stereocenters. The molecule has 0 saturated heterocycles. The molecule has 116 valence electrons. The lowest BCUT2D eigenvalue weighted by Gasteiger charge is -2.32. The normalized spacial score (nSPS) is 12.0. The molecule has 23 heavy (non-hydrogen) atoms. The molecule has 0 aliphatic rings. The van der Waals surface area contributed by atoms with Crippen LogP contribution in [0.25, 0.3) is 0 Å². The molecule has 0 radical (unpaired) electrons. The summed E-state index contributed by atoms with van der Waals surface area (Å²) in [7, 11) is -4.49. The summed E-state index contributed by atoms with van der Waals surface area (Å²) in [5.41, 5.74) is 1.50. The predicted molar refractivity (Wildman–Crippen MR) is 90.8 cm³/mol. The number of rotatable bonds is 4. The molecule has 0 unspecified atom stereocenters. The van der Waals surface area contributed by atoms with Crippen LogP contribution in [0.2, 0.25) is 0 Å². The first-order valence-corrected chi connectivity index (χ1v) is 8.64. The first-order chi connectivity index (χ1) is 11.1. The van der Waals surface area contributed by atoms with Crippen molar-refractivity contribution >= 4 is 10.1 Å². The van der Waals surface area contributed by atoms with Gasteiger partial charge >= 0.3 is 0 Å². The van der Waals surface area contributed by atoms with Crippen molar-refractivity contribution in [3.63, 3.8) is 0 Å². The van der Waals surface area contributed by atoms with Gasteiger partial charge in [-0.15, -0.1) is 0 Å². The van der Waals surface area contributed by atoms with Gasteiger partial charge in [-0.05, 0) is 16.7 Å². The summed E-state index contributed by atoms with van der Waals surface area (Å²) in [6, 6.07) is 26.3. The minimum atomic E-state index is -4.49. The number of hydrogen-bond donors (Lipinski definition) is 1. The lowest BCUT2D eigenvalue weighted by molar-refractivity contribution is 0.459. The van der Waals surface area contributed by atoms with Crippen LogP contribution in [0.5, 0.6) is 0 Å². The average molecular weight is 324 g/mol. The Morgan fingerprint density at radius 3 is 1.04 bits per heavy atom. The summed E-state index contributed by atoms with van der Waals surface area (Å²) in [6.07, 6.45) is 0. The van der Waals surface area contributed by atoms with E-state index in [1.165, 1.54) is 0 Å². The fourth-order valence-electron chi connectivity index (χ4n) is 2.97. The second-order valence-electron chi connectivity index (χ2n) is 5.25. The van der Waals surface area contributed by atoms with Gasteiger partial charge in [-0.2, -0.15) is 8.42 Å². The summed E-state index contributed by atoms with van der Waals surface area (Å²) < 4.78 is 33.8. The van der Waals surface area contributed by atoms with E-state index in [1.54, 1.807) is 72.8 Å². The molecule has 0 heterocycles.